The minimum atomic E-state index is -3.75. The molecule has 2 aromatic carbocycles. The normalized spacial score (nSPS) is 11.0. The van der Waals surface area contributed by atoms with Gasteiger partial charge in [-0.3, -0.25) is 9.40 Å². The first-order valence-corrected chi connectivity index (χ1v) is 8.64. The second-order valence-corrected chi connectivity index (χ2v) is 6.84. The fraction of sp³-hybridized carbons (Fsp3) is 0.0588. The number of hydrogen-bond donors (Lipinski definition) is 1. The van der Waals surface area contributed by atoms with Crippen molar-refractivity contribution in [2.45, 2.75) is 11.4 Å². The molecule has 120 valence electrons. The molecule has 0 unspecified atom stereocenters. The summed E-state index contributed by atoms with van der Waals surface area (Å²) in [5, 5.41) is 13.0. The molecule has 1 aromatic heterocycles. The standard InChI is InChI=1S/C17H14N4O2S/c18-10-15-7-4-8-16(9-15)20-24(22,23)17-11-19-21(13-17)12-14-5-2-1-3-6-14/h1-9,11,13,20H,12H2. The van der Waals surface area contributed by atoms with Crippen molar-refractivity contribution < 1.29 is 8.42 Å². The maximum Gasteiger partial charge on any atom is 0.265 e. The van der Waals surface area contributed by atoms with Crippen LogP contribution in [0.5, 0.6) is 0 Å². The minimum Gasteiger partial charge on any atom is -0.279 e. The number of benzene rings is 2. The van der Waals surface area contributed by atoms with E-state index in [1.54, 1.807) is 22.9 Å². The van der Waals surface area contributed by atoms with Crippen LogP contribution in [0.3, 0.4) is 0 Å². The smallest absolute Gasteiger partial charge is 0.265 e. The molecule has 3 aromatic rings. The van der Waals surface area contributed by atoms with Crippen LogP contribution < -0.4 is 4.72 Å². The topological polar surface area (TPSA) is 87.8 Å². The Kier molecular flexibility index (Phi) is 4.31. The van der Waals surface area contributed by atoms with Crippen molar-refractivity contribution in [2.75, 3.05) is 4.72 Å². The van der Waals surface area contributed by atoms with E-state index in [0.717, 1.165) is 5.56 Å². The maximum absolute atomic E-state index is 12.4. The molecular formula is C17H14N4O2S. The van der Waals surface area contributed by atoms with E-state index < -0.39 is 10.0 Å². The van der Waals surface area contributed by atoms with E-state index in [9.17, 15) is 8.42 Å². The first-order chi connectivity index (χ1) is 11.6. The van der Waals surface area contributed by atoms with Gasteiger partial charge in [0.15, 0.2) is 0 Å². The number of nitrogens with one attached hydrogen (secondary N) is 1. The van der Waals surface area contributed by atoms with Gasteiger partial charge >= 0.3 is 0 Å². The van der Waals surface area contributed by atoms with Gasteiger partial charge < -0.3 is 0 Å². The molecule has 3 rings (SSSR count). The summed E-state index contributed by atoms with van der Waals surface area (Å²) in [6.45, 7) is 0.486. The molecule has 7 heteroatoms. The number of rotatable bonds is 5. The molecular weight excluding hydrogens is 324 g/mol. The lowest BCUT2D eigenvalue weighted by atomic mass is 10.2. The Labute approximate surface area is 140 Å². The van der Waals surface area contributed by atoms with Gasteiger partial charge in [-0.1, -0.05) is 36.4 Å². The van der Waals surface area contributed by atoms with Crippen LogP contribution in [0.25, 0.3) is 0 Å². The van der Waals surface area contributed by atoms with Crippen molar-refractivity contribution in [3.8, 4) is 6.07 Å². The quantitative estimate of drug-likeness (QED) is 0.774. The van der Waals surface area contributed by atoms with Gasteiger partial charge in [0.2, 0.25) is 0 Å². The van der Waals surface area contributed by atoms with Gasteiger partial charge in [0.1, 0.15) is 4.90 Å². The highest BCUT2D eigenvalue weighted by Gasteiger charge is 2.17. The fourth-order valence-electron chi connectivity index (χ4n) is 2.21. The van der Waals surface area contributed by atoms with E-state index in [4.69, 9.17) is 5.26 Å². The number of hydrogen-bond acceptors (Lipinski definition) is 4. The molecule has 24 heavy (non-hydrogen) atoms. The van der Waals surface area contributed by atoms with Crippen molar-refractivity contribution in [3.05, 3.63) is 78.1 Å². The molecule has 6 nitrogen and oxygen atoms in total. The summed E-state index contributed by atoms with van der Waals surface area (Å²) in [5.74, 6) is 0. The van der Waals surface area contributed by atoms with Gasteiger partial charge in [-0.2, -0.15) is 10.4 Å². The number of sulfonamides is 1. The highest BCUT2D eigenvalue weighted by Crippen LogP contribution is 2.17. The summed E-state index contributed by atoms with van der Waals surface area (Å²) in [4.78, 5) is 0.0702. The third kappa shape index (κ3) is 3.62. The van der Waals surface area contributed by atoms with Crippen LogP contribution in [0.1, 0.15) is 11.1 Å². The molecule has 1 heterocycles. The first kappa shape index (κ1) is 15.8. The van der Waals surface area contributed by atoms with Gasteiger partial charge in [-0.15, -0.1) is 0 Å². The Morgan fingerprint density at radius 1 is 1.12 bits per heavy atom. The molecule has 0 aliphatic carbocycles. The Morgan fingerprint density at radius 3 is 2.67 bits per heavy atom. The van der Waals surface area contributed by atoms with E-state index in [2.05, 4.69) is 9.82 Å². The van der Waals surface area contributed by atoms with E-state index in [1.165, 1.54) is 18.5 Å². The maximum atomic E-state index is 12.4. The highest BCUT2D eigenvalue weighted by atomic mass is 32.2. The summed E-state index contributed by atoms with van der Waals surface area (Å²) >= 11 is 0. The monoisotopic (exact) mass is 338 g/mol. The van der Waals surface area contributed by atoms with Crippen LogP contribution in [0.4, 0.5) is 5.69 Å². The van der Waals surface area contributed by atoms with Gasteiger partial charge in [0, 0.05) is 6.20 Å². The zero-order chi connectivity index (χ0) is 17.0. The lowest BCUT2D eigenvalue weighted by Crippen LogP contribution is -2.12. The van der Waals surface area contributed by atoms with Crippen molar-refractivity contribution >= 4 is 15.7 Å². The number of nitrogens with zero attached hydrogens (tertiary/aromatic N) is 3. The number of nitriles is 1. The zero-order valence-corrected chi connectivity index (χ0v) is 13.4. The van der Waals surface area contributed by atoms with Crippen molar-refractivity contribution in [1.82, 2.24) is 9.78 Å². The second kappa shape index (κ2) is 6.56. The Bertz CT molecular complexity index is 989. The molecule has 0 aliphatic rings. The van der Waals surface area contributed by atoms with Crippen molar-refractivity contribution in [2.24, 2.45) is 0 Å². The number of anilines is 1. The largest absolute Gasteiger partial charge is 0.279 e. The third-order valence-corrected chi connectivity index (χ3v) is 4.69. The molecule has 0 radical (unpaired) electrons. The Hall–Kier alpha value is -3.11. The molecule has 0 saturated carbocycles. The Balaban J connectivity index is 1.79. The summed E-state index contributed by atoms with van der Waals surface area (Å²) < 4.78 is 28.9. The summed E-state index contributed by atoms with van der Waals surface area (Å²) in [6.07, 6.45) is 2.78. The zero-order valence-electron chi connectivity index (χ0n) is 12.6. The van der Waals surface area contributed by atoms with Crippen LogP contribution >= 0.6 is 0 Å². The molecule has 0 fully saturated rings. The lowest BCUT2D eigenvalue weighted by Gasteiger charge is -2.06. The summed E-state index contributed by atoms with van der Waals surface area (Å²) in [6, 6.07) is 17.9. The molecule has 0 spiro atoms. The minimum absolute atomic E-state index is 0.0702. The van der Waals surface area contributed by atoms with Crippen molar-refractivity contribution in [1.29, 1.82) is 5.26 Å². The third-order valence-electron chi connectivity index (χ3n) is 3.35. The van der Waals surface area contributed by atoms with Crippen LogP contribution in [0.15, 0.2) is 71.9 Å². The molecule has 1 N–H and O–H groups in total. The predicted octanol–water partition coefficient (Wildman–Crippen LogP) is 2.60. The van der Waals surface area contributed by atoms with Gasteiger partial charge in [-0.25, -0.2) is 8.42 Å². The van der Waals surface area contributed by atoms with Crippen LogP contribution in [0.2, 0.25) is 0 Å². The predicted molar refractivity (Wildman–Crippen MR) is 89.7 cm³/mol. The van der Waals surface area contributed by atoms with Crippen molar-refractivity contribution in [3.63, 3.8) is 0 Å². The molecule has 0 atom stereocenters. The first-order valence-electron chi connectivity index (χ1n) is 7.16. The summed E-state index contributed by atoms with van der Waals surface area (Å²) in [7, 11) is -3.75. The van der Waals surface area contributed by atoms with Crippen LogP contribution in [-0.4, -0.2) is 18.2 Å². The Morgan fingerprint density at radius 2 is 1.92 bits per heavy atom. The molecule has 0 bridgehead atoms. The van der Waals surface area contributed by atoms with E-state index in [1.807, 2.05) is 36.4 Å². The second-order valence-electron chi connectivity index (χ2n) is 5.16. The van der Waals surface area contributed by atoms with Crippen LogP contribution in [0, 0.1) is 11.3 Å². The number of aromatic nitrogens is 2. The molecule has 0 aliphatic heterocycles. The molecule has 0 amide bonds. The molecule has 0 saturated heterocycles. The van der Waals surface area contributed by atoms with E-state index >= 15 is 0 Å². The average molecular weight is 338 g/mol. The van der Waals surface area contributed by atoms with E-state index in [0.29, 0.717) is 17.8 Å². The average Bonchev–Trinajstić information content (AvgIpc) is 3.05. The fourth-order valence-corrected chi connectivity index (χ4v) is 3.21. The van der Waals surface area contributed by atoms with Gasteiger partial charge in [0.25, 0.3) is 10.0 Å². The lowest BCUT2D eigenvalue weighted by molar-refractivity contribution is 0.600. The van der Waals surface area contributed by atoms with Crippen LogP contribution in [-0.2, 0) is 16.6 Å². The summed E-state index contributed by atoms with van der Waals surface area (Å²) in [5.41, 5.74) is 1.75. The SMILES string of the molecule is N#Cc1cccc(NS(=O)(=O)c2cnn(Cc3ccccc3)c2)c1. The van der Waals surface area contributed by atoms with Gasteiger partial charge in [0.05, 0.1) is 30.1 Å². The highest BCUT2D eigenvalue weighted by molar-refractivity contribution is 7.92. The van der Waals surface area contributed by atoms with E-state index in [-0.39, 0.29) is 4.90 Å². The van der Waals surface area contributed by atoms with Gasteiger partial charge in [-0.05, 0) is 23.8 Å².